The first kappa shape index (κ1) is 12.4. The molecular formula is C13H14ClNO. The zero-order valence-corrected chi connectivity index (χ0v) is 9.83. The van der Waals surface area contributed by atoms with Crippen LogP contribution in [0.1, 0.15) is 5.56 Å². The van der Waals surface area contributed by atoms with E-state index < -0.39 is 0 Å². The molecule has 0 radical (unpaired) electrons. The van der Waals surface area contributed by atoms with Crippen LogP contribution in [-0.2, 0) is 0 Å². The predicted octanol–water partition coefficient (Wildman–Crippen LogP) is 3.79. The van der Waals surface area contributed by atoms with E-state index in [1.807, 2.05) is 55.5 Å². The van der Waals surface area contributed by atoms with Crippen LogP contribution in [0.25, 0.3) is 0 Å². The van der Waals surface area contributed by atoms with Crippen molar-refractivity contribution in [2.75, 3.05) is 5.73 Å². The summed E-state index contributed by atoms with van der Waals surface area (Å²) in [5.74, 6) is 1.65. The molecule has 2 nitrogen and oxygen atoms in total. The lowest BCUT2D eigenvalue weighted by Gasteiger charge is -2.06. The van der Waals surface area contributed by atoms with Crippen LogP contribution in [0.5, 0.6) is 11.5 Å². The highest BCUT2D eigenvalue weighted by Gasteiger charge is 1.96. The van der Waals surface area contributed by atoms with Crippen LogP contribution in [0.15, 0.2) is 48.5 Å². The summed E-state index contributed by atoms with van der Waals surface area (Å²) in [6, 6.07) is 15.3. The number of hydrogen-bond acceptors (Lipinski definition) is 2. The Morgan fingerprint density at radius 2 is 1.62 bits per heavy atom. The van der Waals surface area contributed by atoms with Crippen LogP contribution in [0.2, 0.25) is 0 Å². The van der Waals surface area contributed by atoms with Gasteiger partial charge in [0, 0.05) is 5.69 Å². The lowest BCUT2D eigenvalue weighted by Crippen LogP contribution is -1.86. The fraction of sp³-hybridized carbons (Fsp3) is 0.0769. The summed E-state index contributed by atoms with van der Waals surface area (Å²) >= 11 is 0. The van der Waals surface area contributed by atoms with Gasteiger partial charge in [-0.05, 0) is 48.9 Å². The van der Waals surface area contributed by atoms with E-state index in [4.69, 9.17) is 10.5 Å². The average molecular weight is 236 g/mol. The molecule has 0 saturated carbocycles. The zero-order valence-electron chi connectivity index (χ0n) is 9.01. The SMILES string of the molecule is Cc1cccc(Oc2ccc(N)cc2)c1.Cl. The molecule has 0 atom stereocenters. The van der Waals surface area contributed by atoms with Crippen molar-refractivity contribution in [3.05, 3.63) is 54.1 Å². The lowest BCUT2D eigenvalue weighted by atomic mass is 10.2. The number of hydrogen-bond donors (Lipinski definition) is 1. The van der Waals surface area contributed by atoms with Gasteiger partial charge in [0.25, 0.3) is 0 Å². The molecule has 0 bridgehead atoms. The highest BCUT2D eigenvalue weighted by Crippen LogP contribution is 2.22. The Morgan fingerprint density at radius 3 is 2.25 bits per heavy atom. The van der Waals surface area contributed by atoms with E-state index in [1.165, 1.54) is 5.56 Å². The molecule has 2 rings (SSSR count). The van der Waals surface area contributed by atoms with E-state index in [9.17, 15) is 0 Å². The number of nitrogens with two attached hydrogens (primary N) is 1. The van der Waals surface area contributed by atoms with Crippen LogP contribution < -0.4 is 10.5 Å². The van der Waals surface area contributed by atoms with Crippen molar-refractivity contribution in [2.45, 2.75) is 6.92 Å². The molecule has 2 aromatic rings. The molecule has 16 heavy (non-hydrogen) atoms. The van der Waals surface area contributed by atoms with Gasteiger partial charge in [0.1, 0.15) is 11.5 Å². The van der Waals surface area contributed by atoms with E-state index in [1.54, 1.807) is 0 Å². The summed E-state index contributed by atoms with van der Waals surface area (Å²) in [6.45, 7) is 2.04. The zero-order chi connectivity index (χ0) is 10.7. The maximum Gasteiger partial charge on any atom is 0.127 e. The van der Waals surface area contributed by atoms with Gasteiger partial charge in [-0.3, -0.25) is 0 Å². The topological polar surface area (TPSA) is 35.2 Å². The fourth-order valence-electron chi connectivity index (χ4n) is 1.35. The Hall–Kier alpha value is -1.67. The third kappa shape index (κ3) is 3.17. The van der Waals surface area contributed by atoms with Gasteiger partial charge >= 0.3 is 0 Å². The minimum absolute atomic E-state index is 0. The quantitative estimate of drug-likeness (QED) is 0.804. The summed E-state index contributed by atoms with van der Waals surface area (Å²) in [5, 5.41) is 0. The second kappa shape index (κ2) is 5.42. The maximum absolute atomic E-state index is 5.66. The number of anilines is 1. The summed E-state index contributed by atoms with van der Waals surface area (Å²) in [4.78, 5) is 0. The van der Waals surface area contributed by atoms with Gasteiger partial charge in [-0.25, -0.2) is 0 Å². The smallest absolute Gasteiger partial charge is 0.127 e. The average Bonchev–Trinajstić information content (AvgIpc) is 2.22. The molecule has 0 saturated heterocycles. The normalized spacial score (nSPS) is 9.31. The molecule has 0 unspecified atom stereocenters. The van der Waals surface area contributed by atoms with Gasteiger partial charge in [-0.15, -0.1) is 12.4 Å². The first-order valence-corrected chi connectivity index (χ1v) is 4.84. The second-order valence-corrected chi connectivity index (χ2v) is 3.49. The standard InChI is InChI=1S/C13H13NO.ClH/c1-10-3-2-4-13(9-10)15-12-7-5-11(14)6-8-12;/h2-9H,14H2,1H3;1H. The predicted molar refractivity (Wildman–Crippen MR) is 69.4 cm³/mol. The monoisotopic (exact) mass is 235 g/mol. The number of aryl methyl sites for hydroxylation is 1. The van der Waals surface area contributed by atoms with Gasteiger partial charge in [-0.1, -0.05) is 12.1 Å². The van der Waals surface area contributed by atoms with Crippen LogP contribution in [0.4, 0.5) is 5.69 Å². The van der Waals surface area contributed by atoms with E-state index in [0.29, 0.717) is 0 Å². The molecule has 0 aliphatic rings. The number of nitrogen functional groups attached to an aromatic ring is 1. The fourth-order valence-corrected chi connectivity index (χ4v) is 1.35. The van der Waals surface area contributed by atoms with Crippen LogP contribution in [0, 0.1) is 6.92 Å². The van der Waals surface area contributed by atoms with Crippen molar-refractivity contribution in [3.8, 4) is 11.5 Å². The number of rotatable bonds is 2. The summed E-state index contributed by atoms with van der Waals surface area (Å²) in [5.41, 5.74) is 7.51. The van der Waals surface area contributed by atoms with Crippen LogP contribution in [0.3, 0.4) is 0 Å². The molecular weight excluding hydrogens is 222 g/mol. The molecule has 3 heteroatoms. The first-order valence-electron chi connectivity index (χ1n) is 4.84. The van der Waals surface area contributed by atoms with Gasteiger partial charge in [-0.2, -0.15) is 0 Å². The van der Waals surface area contributed by atoms with Gasteiger partial charge in [0.05, 0.1) is 0 Å². The van der Waals surface area contributed by atoms with Crippen molar-refractivity contribution >= 4 is 18.1 Å². The van der Waals surface area contributed by atoms with E-state index >= 15 is 0 Å². The number of benzene rings is 2. The maximum atomic E-state index is 5.66. The van der Waals surface area contributed by atoms with Crippen molar-refractivity contribution in [1.29, 1.82) is 0 Å². The van der Waals surface area contributed by atoms with E-state index in [-0.39, 0.29) is 12.4 Å². The first-order chi connectivity index (χ1) is 7.24. The summed E-state index contributed by atoms with van der Waals surface area (Å²) < 4.78 is 5.66. The molecule has 2 aromatic carbocycles. The Labute approximate surface area is 101 Å². The van der Waals surface area contributed by atoms with Gasteiger partial charge in [0.15, 0.2) is 0 Å². The Bertz CT molecular complexity index is 454. The minimum Gasteiger partial charge on any atom is -0.457 e. The molecule has 0 spiro atoms. The second-order valence-electron chi connectivity index (χ2n) is 3.49. The molecule has 2 N–H and O–H groups in total. The molecule has 0 aromatic heterocycles. The molecule has 0 fully saturated rings. The Kier molecular flexibility index (Phi) is 4.20. The van der Waals surface area contributed by atoms with Gasteiger partial charge < -0.3 is 10.5 Å². The molecule has 0 aliphatic heterocycles. The van der Waals surface area contributed by atoms with Crippen molar-refractivity contribution in [3.63, 3.8) is 0 Å². The van der Waals surface area contributed by atoms with Gasteiger partial charge in [0.2, 0.25) is 0 Å². The van der Waals surface area contributed by atoms with E-state index in [0.717, 1.165) is 17.2 Å². The van der Waals surface area contributed by atoms with Crippen LogP contribution >= 0.6 is 12.4 Å². The summed E-state index contributed by atoms with van der Waals surface area (Å²) in [6.07, 6.45) is 0. The Balaban J connectivity index is 0.00000128. The van der Waals surface area contributed by atoms with Crippen molar-refractivity contribution < 1.29 is 4.74 Å². The largest absolute Gasteiger partial charge is 0.457 e. The third-order valence-corrected chi connectivity index (χ3v) is 2.11. The lowest BCUT2D eigenvalue weighted by molar-refractivity contribution is 0.482. The number of halogens is 1. The molecule has 0 amide bonds. The number of ether oxygens (including phenoxy) is 1. The van der Waals surface area contributed by atoms with E-state index in [2.05, 4.69) is 0 Å². The summed E-state index contributed by atoms with van der Waals surface area (Å²) in [7, 11) is 0. The third-order valence-electron chi connectivity index (χ3n) is 2.11. The van der Waals surface area contributed by atoms with Crippen molar-refractivity contribution in [1.82, 2.24) is 0 Å². The molecule has 84 valence electrons. The van der Waals surface area contributed by atoms with Crippen molar-refractivity contribution in [2.24, 2.45) is 0 Å². The molecule has 0 aliphatic carbocycles. The highest BCUT2D eigenvalue weighted by atomic mass is 35.5. The van der Waals surface area contributed by atoms with Crippen LogP contribution in [-0.4, -0.2) is 0 Å². The minimum atomic E-state index is 0. The Morgan fingerprint density at radius 1 is 0.938 bits per heavy atom. The highest BCUT2D eigenvalue weighted by molar-refractivity contribution is 5.85. The molecule has 0 heterocycles.